The first-order chi connectivity index (χ1) is 9.20. The maximum absolute atomic E-state index is 5.77. The van der Waals surface area contributed by atoms with Crippen molar-refractivity contribution in [2.45, 2.75) is 33.7 Å². The van der Waals surface area contributed by atoms with Gasteiger partial charge in [-0.1, -0.05) is 13.0 Å². The Morgan fingerprint density at radius 2 is 2.05 bits per heavy atom. The maximum atomic E-state index is 5.77. The zero-order valence-electron chi connectivity index (χ0n) is 11.8. The Balaban J connectivity index is 2.08. The third kappa shape index (κ3) is 3.53. The summed E-state index contributed by atoms with van der Waals surface area (Å²) in [5.41, 5.74) is 3.37. The van der Waals surface area contributed by atoms with Crippen LogP contribution >= 0.6 is 0 Å². The molecule has 0 aliphatic rings. The number of benzene rings is 1. The summed E-state index contributed by atoms with van der Waals surface area (Å²) in [5.74, 6) is 1.87. The molecule has 1 aromatic heterocycles. The molecule has 102 valence electrons. The Kier molecular flexibility index (Phi) is 4.50. The normalized spacial score (nSPS) is 10.5. The highest BCUT2D eigenvalue weighted by Gasteiger charge is 2.06. The second kappa shape index (κ2) is 6.32. The number of hydrogen-bond donors (Lipinski definition) is 1. The van der Waals surface area contributed by atoms with E-state index >= 15 is 0 Å². The first-order valence-electron chi connectivity index (χ1n) is 6.71. The van der Waals surface area contributed by atoms with Crippen molar-refractivity contribution < 1.29 is 9.15 Å². The number of anilines is 1. The Hall–Kier alpha value is -1.90. The average Bonchev–Trinajstić information content (AvgIpc) is 2.81. The van der Waals surface area contributed by atoms with Crippen LogP contribution in [0.5, 0.6) is 5.75 Å². The summed E-state index contributed by atoms with van der Waals surface area (Å²) in [6, 6.07) is 8.17. The molecule has 0 bridgehead atoms. The molecule has 2 rings (SSSR count). The quantitative estimate of drug-likeness (QED) is 0.840. The summed E-state index contributed by atoms with van der Waals surface area (Å²) in [7, 11) is 0. The lowest BCUT2D eigenvalue weighted by atomic mass is 10.2. The summed E-state index contributed by atoms with van der Waals surface area (Å²) in [6.45, 7) is 7.63. The van der Waals surface area contributed by atoms with Crippen LogP contribution in [0.3, 0.4) is 0 Å². The summed E-state index contributed by atoms with van der Waals surface area (Å²) in [4.78, 5) is 0. The van der Waals surface area contributed by atoms with Gasteiger partial charge in [-0.15, -0.1) is 0 Å². The molecule has 1 aromatic carbocycles. The molecule has 0 saturated heterocycles. The molecule has 0 aliphatic carbocycles. The van der Waals surface area contributed by atoms with Gasteiger partial charge in [-0.25, -0.2) is 0 Å². The first kappa shape index (κ1) is 13.5. The predicted molar refractivity (Wildman–Crippen MR) is 77.7 cm³/mol. The van der Waals surface area contributed by atoms with Crippen molar-refractivity contribution in [2.75, 3.05) is 11.9 Å². The minimum Gasteiger partial charge on any atom is -0.491 e. The molecular weight excluding hydrogens is 238 g/mol. The second-order valence-electron chi connectivity index (χ2n) is 4.73. The van der Waals surface area contributed by atoms with E-state index in [1.807, 2.05) is 13.0 Å². The fourth-order valence-electron chi connectivity index (χ4n) is 1.87. The summed E-state index contributed by atoms with van der Waals surface area (Å²) in [6.07, 6.45) is 2.72. The van der Waals surface area contributed by atoms with Gasteiger partial charge in [0.2, 0.25) is 0 Å². The lowest BCUT2D eigenvalue weighted by molar-refractivity contribution is 0.318. The van der Waals surface area contributed by atoms with Crippen LogP contribution < -0.4 is 10.1 Å². The van der Waals surface area contributed by atoms with Crippen molar-refractivity contribution in [3.8, 4) is 5.75 Å². The van der Waals surface area contributed by atoms with Crippen molar-refractivity contribution in [1.82, 2.24) is 0 Å². The largest absolute Gasteiger partial charge is 0.491 e. The third-order valence-corrected chi connectivity index (χ3v) is 3.01. The van der Waals surface area contributed by atoms with Gasteiger partial charge in [0.05, 0.1) is 25.1 Å². The SMILES string of the molecule is CCCOc1cc(C)ccc1NCc1occc1C. The Bertz CT molecular complexity index is 531. The van der Waals surface area contributed by atoms with Gasteiger partial charge in [0.25, 0.3) is 0 Å². The minimum absolute atomic E-state index is 0.671. The highest BCUT2D eigenvalue weighted by atomic mass is 16.5. The summed E-state index contributed by atoms with van der Waals surface area (Å²) < 4.78 is 11.2. The summed E-state index contributed by atoms with van der Waals surface area (Å²) >= 11 is 0. The molecule has 0 amide bonds. The van der Waals surface area contributed by atoms with Crippen LogP contribution in [0, 0.1) is 13.8 Å². The number of aryl methyl sites for hydroxylation is 2. The topological polar surface area (TPSA) is 34.4 Å². The fraction of sp³-hybridized carbons (Fsp3) is 0.375. The van der Waals surface area contributed by atoms with Crippen LogP contribution in [0.25, 0.3) is 0 Å². The van der Waals surface area contributed by atoms with E-state index in [0.29, 0.717) is 6.54 Å². The van der Waals surface area contributed by atoms with E-state index in [0.717, 1.165) is 35.8 Å². The van der Waals surface area contributed by atoms with Gasteiger partial charge in [0.1, 0.15) is 11.5 Å². The van der Waals surface area contributed by atoms with Gasteiger partial charge in [-0.3, -0.25) is 0 Å². The number of nitrogens with one attached hydrogen (secondary N) is 1. The zero-order valence-corrected chi connectivity index (χ0v) is 11.8. The fourth-order valence-corrected chi connectivity index (χ4v) is 1.87. The summed E-state index contributed by atoms with van der Waals surface area (Å²) in [5, 5.41) is 3.37. The van der Waals surface area contributed by atoms with E-state index < -0.39 is 0 Å². The minimum atomic E-state index is 0.671. The van der Waals surface area contributed by atoms with E-state index in [4.69, 9.17) is 9.15 Å². The number of hydrogen-bond acceptors (Lipinski definition) is 3. The smallest absolute Gasteiger partial charge is 0.142 e. The van der Waals surface area contributed by atoms with Crippen LogP contribution in [0.4, 0.5) is 5.69 Å². The molecule has 3 nitrogen and oxygen atoms in total. The number of ether oxygens (including phenoxy) is 1. The molecule has 0 fully saturated rings. The number of furan rings is 1. The monoisotopic (exact) mass is 259 g/mol. The molecule has 3 heteroatoms. The van der Waals surface area contributed by atoms with Gasteiger partial charge in [0, 0.05) is 0 Å². The third-order valence-electron chi connectivity index (χ3n) is 3.01. The molecular formula is C16H21NO2. The van der Waals surface area contributed by atoms with Crippen LogP contribution in [-0.2, 0) is 6.54 Å². The molecule has 0 radical (unpaired) electrons. The molecule has 0 unspecified atom stereocenters. The lowest BCUT2D eigenvalue weighted by Crippen LogP contribution is -2.04. The highest BCUT2D eigenvalue weighted by Crippen LogP contribution is 2.26. The van der Waals surface area contributed by atoms with Crippen LogP contribution in [-0.4, -0.2) is 6.61 Å². The standard InChI is InChI=1S/C16H21NO2/c1-4-8-18-15-10-12(2)5-6-14(15)17-11-16-13(3)7-9-19-16/h5-7,9-10,17H,4,8,11H2,1-3H3. The molecule has 0 spiro atoms. The number of rotatable bonds is 6. The van der Waals surface area contributed by atoms with Crippen molar-refractivity contribution in [3.05, 3.63) is 47.4 Å². The van der Waals surface area contributed by atoms with Crippen molar-refractivity contribution in [1.29, 1.82) is 0 Å². The molecule has 0 saturated carbocycles. The van der Waals surface area contributed by atoms with E-state index in [1.165, 1.54) is 5.56 Å². The molecule has 0 atom stereocenters. The van der Waals surface area contributed by atoms with E-state index in [1.54, 1.807) is 6.26 Å². The maximum Gasteiger partial charge on any atom is 0.142 e. The van der Waals surface area contributed by atoms with Gasteiger partial charge in [0.15, 0.2) is 0 Å². The average molecular weight is 259 g/mol. The van der Waals surface area contributed by atoms with Gasteiger partial charge in [-0.05, 0) is 49.6 Å². The molecule has 0 aliphatic heterocycles. The Labute approximate surface area is 114 Å². The van der Waals surface area contributed by atoms with Gasteiger partial charge in [-0.2, -0.15) is 0 Å². The van der Waals surface area contributed by atoms with Crippen molar-refractivity contribution in [3.63, 3.8) is 0 Å². The first-order valence-corrected chi connectivity index (χ1v) is 6.71. The Morgan fingerprint density at radius 1 is 1.21 bits per heavy atom. The van der Waals surface area contributed by atoms with E-state index in [-0.39, 0.29) is 0 Å². The second-order valence-corrected chi connectivity index (χ2v) is 4.73. The van der Waals surface area contributed by atoms with E-state index in [2.05, 4.69) is 37.4 Å². The van der Waals surface area contributed by atoms with E-state index in [9.17, 15) is 0 Å². The predicted octanol–water partition coefficient (Wildman–Crippen LogP) is 4.30. The van der Waals surface area contributed by atoms with Gasteiger partial charge < -0.3 is 14.5 Å². The molecule has 2 aromatic rings. The molecule has 19 heavy (non-hydrogen) atoms. The van der Waals surface area contributed by atoms with Gasteiger partial charge >= 0.3 is 0 Å². The Morgan fingerprint density at radius 3 is 2.74 bits per heavy atom. The lowest BCUT2D eigenvalue weighted by Gasteiger charge is -2.13. The van der Waals surface area contributed by atoms with Crippen molar-refractivity contribution >= 4 is 5.69 Å². The van der Waals surface area contributed by atoms with Crippen LogP contribution in [0.1, 0.15) is 30.2 Å². The van der Waals surface area contributed by atoms with Crippen LogP contribution in [0.2, 0.25) is 0 Å². The highest BCUT2D eigenvalue weighted by molar-refractivity contribution is 5.57. The van der Waals surface area contributed by atoms with Crippen molar-refractivity contribution in [2.24, 2.45) is 0 Å². The molecule has 1 heterocycles. The zero-order chi connectivity index (χ0) is 13.7. The van der Waals surface area contributed by atoms with Crippen LogP contribution in [0.15, 0.2) is 34.9 Å². The molecule has 1 N–H and O–H groups in total.